The summed E-state index contributed by atoms with van der Waals surface area (Å²) in [6.45, 7) is 0.489. The Bertz CT molecular complexity index is 730. The molecule has 0 aliphatic rings. The van der Waals surface area contributed by atoms with Crippen LogP contribution in [-0.2, 0) is 6.42 Å². The fourth-order valence-corrected chi connectivity index (χ4v) is 2.02. The number of fused-ring (bicyclic) bond motifs is 1. The van der Waals surface area contributed by atoms with E-state index < -0.39 is 0 Å². The van der Waals surface area contributed by atoms with Gasteiger partial charge in [-0.1, -0.05) is 0 Å². The molecule has 0 unspecified atom stereocenters. The van der Waals surface area contributed by atoms with Crippen LogP contribution in [0.4, 0.5) is 5.69 Å². The van der Waals surface area contributed by atoms with Gasteiger partial charge in [-0.2, -0.15) is 5.10 Å². The van der Waals surface area contributed by atoms with Crippen LogP contribution in [0.2, 0.25) is 0 Å². The molecule has 0 spiro atoms. The van der Waals surface area contributed by atoms with E-state index in [-0.39, 0.29) is 5.91 Å². The molecule has 7 nitrogen and oxygen atoms in total. The van der Waals surface area contributed by atoms with Crippen LogP contribution in [0.15, 0.2) is 30.6 Å². The van der Waals surface area contributed by atoms with Gasteiger partial charge in [-0.05, 0) is 18.2 Å². The standard InChI is InChI=1S/C13H14N6O/c14-8-1-2-10-9(7-8)12(19-18-10)13(20)17-4-3-11-15-5-6-16-11/h1-2,5-7H,3-4,14H2,(H,15,16)(H,17,20)(H,18,19). The van der Waals surface area contributed by atoms with Crippen molar-refractivity contribution < 1.29 is 4.79 Å². The van der Waals surface area contributed by atoms with Crippen molar-refractivity contribution in [2.45, 2.75) is 6.42 Å². The smallest absolute Gasteiger partial charge is 0.272 e. The van der Waals surface area contributed by atoms with Gasteiger partial charge in [0.15, 0.2) is 5.69 Å². The molecule has 2 aromatic heterocycles. The maximum absolute atomic E-state index is 12.1. The van der Waals surface area contributed by atoms with Crippen molar-refractivity contribution in [1.29, 1.82) is 0 Å². The van der Waals surface area contributed by atoms with Crippen LogP contribution in [0.1, 0.15) is 16.3 Å². The van der Waals surface area contributed by atoms with Crippen LogP contribution in [-0.4, -0.2) is 32.6 Å². The molecule has 0 aliphatic heterocycles. The Morgan fingerprint density at radius 2 is 2.30 bits per heavy atom. The Hall–Kier alpha value is -2.83. The predicted molar refractivity (Wildman–Crippen MR) is 75.1 cm³/mol. The summed E-state index contributed by atoms with van der Waals surface area (Å²) in [4.78, 5) is 19.2. The third kappa shape index (κ3) is 2.33. The van der Waals surface area contributed by atoms with E-state index in [1.165, 1.54) is 0 Å². The first-order valence-electron chi connectivity index (χ1n) is 6.24. The summed E-state index contributed by atoms with van der Waals surface area (Å²) in [5, 5.41) is 10.4. The highest BCUT2D eigenvalue weighted by Gasteiger charge is 2.13. The number of benzene rings is 1. The number of amides is 1. The monoisotopic (exact) mass is 270 g/mol. The van der Waals surface area contributed by atoms with Crippen LogP contribution >= 0.6 is 0 Å². The normalized spacial score (nSPS) is 10.8. The molecule has 5 N–H and O–H groups in total. The lowest BCUT2D eigenvalue weighted by atomic mass is 10.2. The minimum atomic E-state index is -0.228. The van der Waals surface area contributed by atoms with Crippen molar-refractivity contribution in [3.8, 4) is 0 Å². The quantitative estimate of drug-likeness (QED) is 0.526. The second-order valence-corrected chi connectivity index (χ2v) is 4.42. The van der Waals surface area contributed by atoms with Crippen molar-refractivity contribution >= 4 is 22.5 Å². The lowest BCUT2D eigenvalue weighted by Gasteiger charge is -2.02. The number of hydrogen-bond donors (Lipinski definition) is 4. The van der Waals surface area contributed by atoms with Gasteiger partial charge in [0.05, 0.1) is 5.52 Å². The number of H-pyrrole nitrogens is 2. The number of nitrogens with one attached hydrogen (secondary N) is 3. The van der Waals surface area contributed by atoms with Gasteiger partial charge < -0.3 is 16.0 Å². The van der Waals surface area contributed by atoms with Gasteiger partial charge in [-0.25, -0.2) is 4.98 Å². The molecule has 0 saturated heterocycles. The first-order chi connectivity index (χ1) is 9.74. The molecule has 0 fully saturated rings. The Kier molecular flexibility index (Phi) is 3.08. The largest absolute Gasteiger partial charge is 0.399 e. The van der Waals surface area contributed by atoms with E-state index in [9.17, 15) is 4.79 Å². The summed E-state index contributed by atoms with van der Waals surface area (Å²) < 4.78 is 0. The molecule has 0 radical (unpaired) electrons. The molecular weight excluding hydrogens is 256 g/mol. The number of carbonyl (C=O) groups excluding carboxylic acids is 1. The lowest BCUT2D eigenvalue weighted by molar-refractivity contribution is 0.0950. The molecule has 1 aromatic carbocycles. The number of anilines is 1. The average molecular weight is 270 g/mol. The third-order valence-corrected chi connectivity index (χ3v) is 3.00. The van der Waals surface area contributed by atoms with Crippen LogP contribution in [0, 0.1) is 0 Å². The number of hydrogen-bond acceptors (Lipinski definition) is 4. The molecular formula is C13H14N6O. The van der Waals surface area contributed by atoms with E-state index >= 15 is 0 Å². The number of nitrogens with two attached hydrogens (primary N) is 1. The zero-order valence-electron chi connectivity index (χ0n) is 10.7. The number of aromatic nitrogens is 4. The summed E-state index contributed by atoms with van der Waals surface area (Å²) >= 11 is 0. The molecule has 102 valence electrons. The van der Waals surface area contributed by atoms with E-state index in [1.54, 1.807) is 30.6 Å². The number of nitrogen functional groups attached to an aromatic ring is 1. The molecule has 1 amide bonds. The molecule has 2 heterocycles. The fraction of sp³-hybridized carbons (Fsp3) is 0.154. The van der Waals surface area contributed by atoms with Crippen LogP contribution in [0.3, 0.4) is 0 Å². The Morgan fingerprint density at radius 3 is 3.10 bits per heavy atom. The number of aromatic amines is 2. The number of imidazole rings is 1. The summed E-state index contributed by atoms with van der Waals surface area (Å²) in [6.07, 6.45) is 4.07. The Labute approximate surface area is 114 Å². The van der Waals surface area contributed by atoms with Gasteiger partial charge >= 0.3 is 0 Å². The molecule has 0 bridgehead atoms. The van der Waals surface area contributed by atoms with Crippen molar-refractivity contribution in [2.24, 2.45) is 0 Å². The van der Waals surface area contributed by atoms with Crippen molar-refractivity contribution in [1.82, 2.24) is 25.5 Å². The van der Waals surface area contributed by atoms with Crippen molar-refractivity contribution in [3.05, 3.63) is 42.1 Å². The topological polar surface area (TPSA) is 112 Å². The summed E-state index contributed by atoms with van der Waals surface area (Å²) in [6, 6.07) is 5.30. The SMILES string of the molecule is Nc1ccc2[nH]nc(C(=O)NCCc3ncc[nH]3)c2c1. The van der Waals surface area contributed by atoms with Crippen molar-refractivity contribution in [3.63, 3.8) is 0 Å². The van der Waals surface area contributed by atoms with Gasteiger partial charge in [0.2, 0.25) is 0 Å². The fourth-order valence-electron chi connectivity index (χ4n) is 2.02. The van der Waals surface area contributed by atoms with Crippen LogP contribution < -0.4 is 11.1 Å². The predicted octanol–water partition coefficient (Wildman–Crippen LogP) is 0.841. The molecule has 0 saturated carbocycles. The number of nitrogens with zero attached hydrogens (tertiary/aromatic N) is 2. The summed E-state index contributed by atoms with van der Waals surface area (Å²) in [7, 11) is 0. The highest BCUT2D eigenvalue weighted by Crippen LogP contribution is 2.18. The van der Waals surface area contributed by atoms with Gasteiger partial charge in [0, 0.05) is 36.4 Å². The van der Waals surface area contributed by atoms with E-state index in [1.807, 2.05) is 0 Å². The summed E-state index contributed by atoms with van der Waals surface area (Å²) in [5.41, 5.74) is 7.47. The first-order valence-corrected chi connectivity index (χ1v) is 6.24. The van der Waals surface area contributed by atoms with E-state index in [2.05, 4.69) is 25.5 Å². The Morgan fingerprint density at radius 1 is 1.40 bits per heavy atom. The van der Waals surface area contributed by atoms with Crippen molar-refractivity contribution in [2.75, 3.05) is 12.3 Å². The van der Waals surface area contributed by atoms with E-state index in [4.69, 9.17) is 5.73 Å². The average Bonchev–Trinajstić information content (AvgIpc) is 3.07. The summed E-state index contributed by atoms with van der Waals surface area (Å²) in [5.74, 6) is 0.606. The molecule has 0 aliphatic carbocycles. The maximum atomic E-state index is 12.1. The maximum Gasteiger partial charge on any atom is 0.272 e. The lowest BCUT2D eigenvalue weighted by Crippen LogP contribution is -2.26. The molecule has 0 atom stereocenters. The van der Waals surface area contributed by atoms with Gasteiger partial charge in [-0.3, -0.25) is 9.89 Å². The molecule has 3 aromatic rings. The van der Waals surface area contributed by atoms with Crippen LogP contribution in [0.25, 0.3) is 10.9 Å². The second kappa shape index (κ2) is 5.04. The zero-order chi connectivity index (χ0) is 13.9. The molecule has 3 rings (SSSR count). The van der Waals surface area contributed by atoms with Gasteiger partial charge in [0.25, 0.3) is 5.91 Å². The van der Waals surface area contributed by atoms with Gasteiger partial charge in [0.1, 0.15) is 5.82 Å². The van der Waals surface area contributed by atoms with Crippen LogP contribution in [0.5, 0.6) is 0 Å². The Balaban J connectivity index is 1.70. The van der Waals surface area contributed by atoms with E-state index in [0.717, 1.165) is 16.7 Å². The highest BCUT2D eigenvalue weighted by molar-refractivity contribution is 6.05. The minimum Gasteiger partial charge on any atom is -0.399 e. The zero-order valence-corrected chi connectivity index (χ0v) is 10.7. The molecule has 20 heavy (non-hydrogen) atoms. The number of rotatable bonds is 4. The molecule has 7 heteroatoms. The first kappa shape index (κ1) is 12.2. The highest BCUT2D eigenvalue weighted by atomic mass is 16.1. The minimum absolute atomic E-state index is 0.228. The van der Waals surface area contributed by atoms with E-state index in [0.29, 0.717) is 24.3 Å². The second-order valence-electron chi connectivity index (χ2n) is 4.42. The number of carbonyl (C=O) groups is 1. The van der Waals surface area contributed by atoms with Gasteiger partial charge in [-0.15, -0.1) is 0 Å². The third-order valence-electron chi connectivity index (χ3n) is 3.00.